The van der Waals surface area contributed by atoms with Gasteiger partial charge < -0.3 is 9.47 Å². The maximum atomic E-state index is 12.8. The molecule has 0 aromatic carbocycles. The molecule has 2 saturated heterocycles. The first-order chi connectivity index (χ1) is 12.3. The van der Waals surface area contributed by atoms with Gasteiger partial charge in [0.25, 0.3) is 0 Å². The van der Waals surface area contributed by atoms with Crippen molar-refractivity contribution in [3.8, 4) is 6.07 Å². The lowest BCUT2D eigenvalue weighted by molar-refractivity contribution is -0.0861. The number of ether oxygens (including phenoxy) is 2. The van der Waals surface area contributed by atoms with E-state index < -0.39 is 5.60 Å². The van der Waals surface area contributed by atoms with Crippen LogP contribution in [0.2, 0.25) is 0 Å². The van der Waals surface area contributed by atoms with Gasteiger partial charge in [0.15, 0.2) is 5.78 Å². The Labute approximate surface area is 152 Å². The van der Waals surface area contributed by atoms with Crippen LogP contribution in [0.15, 0.2) is 12.4 Å². The first kappa shape index (κ1) is 18.3. The Kier molecular flexibility index (Phi) is 4.92. The normalized spacial score (nSPS) is 25.3. The van der Waals surface area contributed by atoms with E-state index in [1.54, 1.807) is 4.90 Å². The standard InChI is InChI=1S/C18H22N4O4/c1-18(2,3)26-17(24)22-13-4-11(5-14(22)10-25-9-13)16(23)12-7-20-15(6-19)21-8-12/h7-8,11,13-14H,4-5,9-10H2,1-3H3. The predicted molar refractivity (Wildman–Crippen MR) is 90.3 cm³/mol. The number of Topliss-reactive ketones (excluding diaryl/α,β-unsaturated/α-hetero) is 1. The number of carbonyl (C=O) groups excluding carboxylic acids is 2. The fourth-order valence-corrected chi connectivity index (χ4v) is 3.49. The predicted octanol–water partition coefficient (Wildman–Crippen LogP) is 1.95. The van der Waals surface area contributed by atoms with Crippen LogP contribution in [-0.2, 0) is 9.47 Å². The van der Waals surface area contributed by atoms with Crippen molar-refractivity contribution in [1.29, 1.82) is 5.26 Å². The molecule has 8 heteroatoms. The van der Waals surface area contributed by atoms with E-state index in [1.807, 2.05) is 26.8 Å². The fourth-order valence-electron chi connectivity index (χ4n) is 3.49. The summed E-state index contributed by atoms with van der Waals surface area (Å²) in [6, 6.07) is 1.46. The minimum Gasteiger partial charge on any atom is -0.444 e. The van der Waals surface area contributed by atoms with Crippen LogP contribution in [0.3, 0.4) is 0 Å². The molecule has 2 bridgehead atoms. The molecule has 2 aliphatic rings. The fraction of sp³-hybridized carbons (Fsp3) is 0.611. The number of amides is 1. The Bertz CT molecular complexity index is 721. The third kappa shape index (κ3) is 3.83. The van der Waals surface area contributed by atoms with Crippen molar-refractivity contribution in [3.63, 3.8) is 0 Å². The molecule has 0 aliphatic carbocycles. The number of fused-ring (bicyclic) bond motifs is 2. The van der Waals surface area contributed by atoms with E-state index >= 15 is 0 Å². The van der Waals surface area contributed by atoms with Crippen molar-refractivity contribution in [2.75, 3.05) is 13.2 Å². The van der Waals surface area contributed by atoms with E-state index in [4.69, 9.17) is 14.7 Å². The Morgan fingerprint density at radius 1 is 1.23 bits per heavy atom. The van der Waals surface area contributed by atoms with Gasteiger partial charge in [0.05, 0.1) is 30.9 Å². The molecule has 2 atom stereocenters. The van der Waals surface area contributed by atoms with E-state index in [2.05, 4.69) is 9.97 Å². The molecule has 2 aliphatic heterocycles. The highest BCUT2D eigenvalue weighted by Gasteiger charge is 2.45. The lowest BCUT2D eigenvalue weighted by atomic mass is 9.81. The minimum absolute atomic E-state index is 0.0339. The zero-order valence-corrected chi connectivity index (χ0v) is 15.1. The zero-order chi connectivity index (χ0) is 18.9. The van der Waals surface area contributed by atoms with Crippen LogP contribution in [0.25, 0.3) is 0 Å². The molecule has 1 amide bonds. The van der Waals surface area contributed by atoms with E-state index in [0.717, 1.165) is 0 Å². The monoisotopic (exact) mass is 358 g/mol. The molecular weight excluding hydrogens is 336 g/mol. The maximum Gasteiger partial charge on any atom is 0.410 e. The molecule has 8 nitrogen and oxygen atoms in total. The van der Waals surface area contributed by atoms with Crippen molar-refractivity contribution in [2.24, 2.45) is 5.92 Å². The number of hydrogen-bond donors (Lipinski definition) is 0. The topological polar surface area (TPSA) is 105 Å². The molecule has 138 valence electrons. The zero-order valence-electron chi connectivity index (χ0n) is 15.1. The summed E-state index contributed by atoms with van der Waals surface area (Å²) in [6.07, 6.45) is 3.44. The highest BCUT2D eigenvalue weighted by molar-refractivity contribution is 5.97. The molecule has 0 saturated carbocycles. The number of piperidine rings is 1. The first-order valence-electron chi connectivity index (χ1n) is 8.64. The molecule has 0 spiro atoms. The first-order valence-corrected chi connectivity index (χ1v) is 8.64. The SMILES string of the molecule is CC(C)(C)OC(=O)N1C2COCC1CC(C(=O)c1cnc(C#N)nc1)C2. The van der Waals surface area contributed by atoms with Crippen LogP contribution in [0.5, 0.6) is 0 Å². The number of carbonyl (C=O) groups is 2. The minimum atomic E-state index is -0.571. The van der Waals surface area contributed by atoms with Gasteiger partial charge >= 0.3 is 6.09 Å². The number of rotatable bonds is 2. The Balaban J connectivity index is 1.73. The molecule has 3 rings (SSSR count). The van der Waals surface area contributed by atoms with Gasteiger partial charge in [-0.15, -0.1) is 0 Å². The molecule has 0 N–H and O–H groups in total. The number of nitriles is 1. The van der Waals surface area contributed by atoms with Crippen molar-refractivity contribution >= 4 is 11.9 Å². The Hall–Kier alpha value is -2.53. The van der Waals surface area contributed by atoms with E-state index in [-0.39, 0.29) is 35.7 Å². The molecule has 2 fully saturated rings. The third-order valence-electron chi connectivity index (χ3n) is 4.53. The number of hydrogen-bond acceptors (Lipinski definition) is 7. The van der Waals surface area contributed by atoms with Gasteiger partial charge in [0, 0.05) is 18.3 Å². The molecule has 1 aromatic heterocycles. The average molecular weight is 358 g/mol. The second kappa shape index (κ2) is 7.00. The average Bonchev–Trinajstić information content (AvgIpc) is 2.58. The van der Waals surface area contributed by atoms with Gasteiger partial charge in [-0.2, -0.15) is 5.26 Å². The largest absolute Gasteiger partial charge is 0.444 e. The number of morpholine rings is 1. The van der Waals surface area contributed by atoms with Gasteiger partial charge in [-0.1, -0.05) is 0 Å². The molecule has 0 radical (unpaired) electrons. The quantitative estimate of drug-likeness (QED) is 0.744. The summed E-state index contributed by atoms with van der Waals surface area (Å²) in [7, 11) is 0. The number of aromatic nitrogens is 2. The van der Waals surface area contributed by atoms with Crippen LogP contribution in [-0.4, -0.2) is 57.6 Å². The van der Waals surface area contributed by atoms with E-state index in [0.29, 0.717) is 31.6 Å². The maximum absolute atomic E-state index is 12.8. The molecule has 1 aromatic rings. The smallest absolute Gasteiger partial charge is 0.410 e. The van der Waals surface area contributed by atoms with Gasteiger partial charge in [0.1, 0.15) is 11.7 Å². The van der Waals surface area contributed by atoms with Gasteiger partial charge in [0.2, 0.25) is 5.82 Å². The lowest BCUT2D eigenvalue weighted by Gasteiger charge is -2.47. The van der Waals surface area contributed by atoms with Gasteiger partial charge in [-0.3, -0.25) is 9.69 Å². The van der Waals surface area contributed by atoms with Crippen molar-refractivity contribution in [3.05, 3.63) is 23.8 Å². The summed E-state index contributed by atoms with van der Waals surface area (Å²) in [5, 5.41) is 8.76. The van der Waals surface area contributed by atoms with Crippen molar-refractivity contribution in [2.45, 2.75) is 51.3 Å². The van der Waals surface area contributed by atoms with Gasteiger partial charge in [-0.25, -0.2) is 14.8 Å². The van der Waals surface area contributed by atoms with Crippen LogP contribution >= 0.6 is 0 Å². The second-order valence-electron chi connectivity index (χ2n) is 7.67. The summed E-state index contributed by atoms with van der Waals surface area (Å²) in [4.78, 5) is 34.8. The van der Waals surface area contributed by atoms with Crippen LogP contribution in [0, 0.1) is 17.2 Å². The molecule has 26 heavy (non-hydrogen) atoms. The second-order valence-corrected chi connectivity index (χ2v) is 7.67. The molecule has 3 heterocycles. The van der Waals surface area contributed by atoms with Crippen molar-refractivity contribution in [1.82, 2.24) is 14.9 Å². The highest BCUT2D eigenvalue weighted by Crippen LogP contribution is 2.34. The Morgan fingerprint density at radius 3 is 2.31 bits per heavy atom. The summed E-state index contributed by atoms with van der Waals surface area (Å²) in [5.41, 5.74) is -0.183. The third-order valence-corrected chi connectivity index (χ3v) is 4.53. The van der Waals surface area contributed by atoms with Crippen molar-refractivity contribution < 1.29 is 19.1 Å². The van der Waals surface area contributed by atoms with Crippen LogP contribution < -0.4 is 0 Å². The summed E-state index contributed by atoms with van der Waals surface area (Å²) >= 11 is 0. The lowest BCUT2D eigenvalue weighted by Crippen LogP contribution is -2.60. The van der Waals surface area contributed by atoms with E-state index in [9.17, 15) is 9.59 Å². The summed E-state index contributed by atoms with van der Waals surface area (Å²) < 4.78 is 11.1. The van der Waals surface area contributed by atoms with E-state index in [1.165, 1.54) is 12.4 Å². The highest BCUT2D eigenvalue weighted by atomic mass is 16.6. The molecule has 2 unspecified atom stereocenters. The van der Waals surface area contributed by atoms with Gasteiger partial charge in [-0.05, 0) is 33.6 Å². The number of nitrogens with zero attached hydrogens (tertiary/aromatic N) is 4. The van der Waals surface area contributed by atoms with Crippen LogP contribution in [0.1, 0.15) is 49.8 Å². The summed E-state index contributed by atoms with van der Waals surface area (Å²) in [5.74, 6) is -0.258. The molecular formula is C18H22N4O4. The van der Waals surface area contributed by atoms with Crippen LogP contribution in [0.4, 0.5) is 4.79 Å². The number of ketones is 1. The Morgan fingerprint density at radius 2 is 1.81 bits per heavy atom. The summed E-state index contributed by atoms with van der Waals surface area (Å²) in [6.45, 7) is 6.28.